The maximum Gasteiger partial charge on any atom is 0.224 e. The number of hydrogen-bond donors (Lipinski definition) is 2. The van der Waals surface area contributed by atoms with E-state index in [0.717, 1.165) is 30.9 Å². The monoisotopic (exact) mass is 285 g/mol. The molecule has 0 aliphatic carbocycles. The topological polar surface area (TPSA) is 53.1 Å². The molecule has 0 saturated heterocycles. The van der Waals surface area contributed by atoms with Gasteiger partial charge in [-0.2, -0.15) is 4.98 Å². The van der Waals surface area contributed by atoms with E-state index in [0.29, 0.717) is 5.95 Å². The van der Waals surface area contributed by atoms with Crippen LogP contribution in [-0.4, -0.2) is 30.6 Å². The number of unbranched alkanes of at least 4 members (excludes halogenated alkanes) is 1. The molecule has 1 heterocycles. The Morgan fingerprint density at radius 2 is 1.86 bits per heavy atom. The SMILES string of the molecule is CCCCNc1nccc(Nc2ccc(N(C)C)cc2)n1. The number of anilines is 4. The van der Waals surface area contributed by atoms with Gasteiger partial charge in [0.05, 0.1) is 0 Å². The minimum atomic E-state index is 0.665. The highest BCUT2D eigenvalue weighted by molar-refractivity contribution is 5.60. The Kier molecular flexibility index (Phi) is 5.37. The van der Waals surface area contributed by atoms with Gasteiger partial charge in [-0.25, -0.2) is 4.98 Å². The van der Waals surface area contributed by atoms with Gasteiger partial charge in [0.2, 0.25) is 5.95 Å². The Morgan fingerprint density at radius 1 is 1.10 bits per heavy atom. The average molecular weight is 285 g/mol. The fourth-order valence-electron chi connectivity index (χ4n) is 1.88. The molecule has 0 aliphatic heterocycles. The molecule has 0 aliphatic rings. The number of benzene rings is 1. The number of hydrogen-bond acceptors (Lipinski definition) is 5. The fraction of sp³-hybridized carbons (Fsp3) is 0.375. The standard InChI is InChI=1S/C16H23N5/c1-4-5-11-17-16-18-12-10-15(20-16)19-13-6-8-14(9-7-13)21(2)3/h6-10,12H,4-5,11H2,1-3H3,(H2,17,18,19,20). The van der Waals surface area contributed by atoms with Crippen LogP contribution in [0, 0.1) is 0 Å². The van der Waals surface area contributed by atoms with Gasteiger partial charge in [-0.1, -0.05) is 13.3 Å². The summed E-state index contributed by atoms with van der Waals surface area (Å²) in [5, 5.41) is 6.52. The van der Waals surface area contributed by atoms with Crippen LogP contribution in [-0.2, 0) is 0 Å². The molecule has 0 spiro atoms. The zero-order valence-electron chi connectivity index (χ0n) is 12.9. The maximum atomic E-state index is 4.45. The molecule has 0 radical (unpaired) electrons. The van der Waals surface area contributed by atoms with Crippen LogP contribution >= 0.6 is 0 Å². The first-order chi connectivity index (χ1) is 10.2. The highest BCUT2D eigenvalue weighted by Crippen LogP contribution is 2.19. The normalized spacial score (nSPS) is 10.2. The van der Waals surface area contributed by atoms with E-state index in [-0.39, 0.29) is 0 Å². The zero-order chi connectivity index (χ0) is 15.1. The largest absolute Gasteiger partial charge is 0.378 e. The van der Waals surface area contributed by atoms with E-state index in [4.69, 9.17) is 0 Å². The Bertz CT molecular complexity index is 551. The predicted octanol–water partition coefficient (Wildman–Crippen LogP) is 3.50. The summed E-state index contributed by atoms with van der Waals surface area (Å²) < 4.78 is 0. The summed E-state index contributed by atoms with van der Waals surface area (Å²) >= 11 is 0. The van der Waals surface area contributed by atoms with E-state index in [9.17, 15) is 0 Å². The highest BCUT2D eigenvalue weighted by Gasteiger charge is 2.00. The number of aromatic nitrogens is 2. The molecule has 2 aromatic rings. The van der Waals surface area contributed by atoms with Crippen LogP contribution in [0.2, 0.25) is 0 Å². The van der Waals surface area contributed by atoms with Crippen molar-refractivity contribution < 1.29 is 0 Å². The summed E-state index contributed by atoms with van der Waals surface area (Å²) in [5.41, 5.74) is 2.18. The van der Waals surface area contributed by atoms with E-state index < -0.39 is 0 Å². The molecule has 2 N–H and O–H groups in total. The molecule has 112 valence electrons. The van der Waals surface area contributed by atoms with E-state index in [2.05, 4.69) is 44.6 Å². The lowest BCUT2D eigenvalue weighted by molar-refractivity contribution is 0.826. The second kappa shape index (κ2) is 7.47. The van der Waals surface area contributed by atoms with Crippen LogP contribution in [0.4, 0.5) is 23.1 Å². The third-order valence-corrected chi connectivity index (χ3v) is 3.13. The van der Waals surface area contributed by atoms with Gasteiger partial charge < -0.3 is 15.5 Å². The summed E-state index contributed by atoms with van der Waals surface area (Å²) in [6, 6.07) is 10.1. The van der Waals surface area contributed by atoms with Crippen LogP contribution in [0.1, 0.15) is 19.8 Å². The van der Waals surface area contributed by atoms with Gasteiger partial charge in [0.1, 0.15) is 5.82 Å². The Hall–Kier alpha value is -2.30. The second-order valence-corrected chi connectivity index (χ2v) is 5.11. The van der Waals surface area contributed by atoms with Crippen molar-refractivity contribution in [3.05, 3.63) is 36.5 Å². The van der Waals surface area contributed by atoms with Gasteiger partial charge in [-0.15, -0.1) is 0 Å². The van der Waals surface area contributed by atoms with Gasteiger partial charge in [0.25, 0.3) is 0 Å². The molecule has 0 amide bonds. The first-order valence-corrected chi connectivity index (χ1v) is 7.30. The van der Waals surface area contributed by atoms with E-state index in [1.165, 1.54) is 5.69 Å². The molecule has 0 bridgehead atoms. The minimum absolute atomic E-state index is 0.665. The third kappa shape index (κ3) is 4.63. The van der Waals surface area contributed by atoms with Crippen molar-refractivity contribution in [1.82, 2.24) is 9.97 Å². The Morgan fingerprint density at radius 3 is 2.52 bits per heavy atom. The summed E-state index contributed by atoms with van der Waals surface area (Å²) in [5.74, 6) is 1.46. The maximum absolute atomic E-state index is 4.45. The van der Waals surface area contributed by atoms with Crippen LogP contribution in [0.15, 0.2) is 36.5 Å². The predicted molar refractivity (Wildman–Crippen MR) is 89.5 cm³/mol. The second-order valence-electron chi connectivity index (χ2n) is 5.11. The van der Waals surface area contributed by atoms with Gasteiger partial charge in [-0.3, -0.25) is 0 Å². The summed E-state index contributed by atoms with van der Waals surface area (Å²) in [6.45, 7) is 3.06. The summed E-state index contributed by atoms with van der Waals surface area (Å²) in [7, 11) is 4.06. The van der Waals surface area contributed by atoms with E-state index >= 15 is 0 Å². The third-order valence-electron chi connectivity index (χ3n) is 3.13. The Balaban J connectivity index is 2.00. The lowest BCUT2D eigenvalue weighted by Crippen LogP contribution is -2.08. The molecule has 0 fully saturated rings. The Labute approximate surface area is 126 Å². The van der Waals surface area contributed by atoms with Gasteiger partial charge >= 0.3 is 0 Å². The van der Waals surface area contributed by atoms with E-state index in [1.54, 1.807) is 6.20 Å². The molecule has 2 rings (SSSR count). The van der Waals surface area contributed by atoms with Crippen molar-refractivity contribution >= 4 is 23.1 Å². The smallest absolute Gasteiger partial charge is 0.224 e. The molecular weight excluding hydrogens is 262 g/mol. The molecule has 5 nitrogen and oxygen atoms in total. The number of nitrogens with one attached hydrogen (secondary N) is 2. The molecule has 21 heavy (non-hydrogen) atoms. The summed E-state index contributed by atoms with van der Waals surface area (Å²) in [6.07, 6.45) is 4.04. The molecular formula is C16H23N5. The quantitative estimate of drug-likeness (QED) is 0.763. The lowest BCUT2D eigenvalue weighted by Gasteiger charge is -2.13. The number of rotatable bonds is 7. The number of nitrogens with zero attached hydrogens (tertiary/aromatic N) is 3. The fourth-order valence-corrected chi connectivity index (χ4v) is 1.88. The molecule has 0 atom stereocenters. The van der Waals surface area contributed by atoms with Crippen LogP contribution in [0.25, 0.3) is 0 Å². The highest BCUT2D eigenvalue weighted by atomic mass is 15.1. The van der Waals surface area contributed by atoms with Crippen LogP contribution in [0.5, 0.6) is 0 Å². The average Bonchev–Trinajstić information content (AvgIpc) is 2.48. The van der Waals surface area contributed by atoms with Crippen LogP contribution < -0.4 is 15.5 Å². The minimum Gasteiger partial charge on any atom is -0.378 e. The van der Waals surface area contributed by atoms with Gasteiger partial charge in [0.15, 0.2) is 0 Å². The lowest BCUT2D eigenvalue weighted by atomic mass is 10.2. The van der Waals surface area contributed by atoms with Crippen molar-refractivity contribution in [2.75, 3.05) is 36.2 Å². The first kappa shape index (κ1) is 15.1. The molecule has 0 unspecified atom stereocenters. The van der Waals surface area contributed by atoms with Crippen molar-refractivity contribution in [2.24, 2.45) is 0 Å². The molecule has 0 saturated carbocycles. The van der Waals surface area contributed by atoms with Crippen molar-refractivity contribution in [2.45, 2.75) is 19.8 Å². The van der Waals surface area contributed by atoms with Crippen molar-refractivity contribution in [3.63, 3.8) is 0 Å². The zero-order valence-corrected chi connectivity index (χ0v) is 12.9. The van der Waals surface area contributed by atoms with Crippen LogP contribution in [0.3, 0.4) is 0 Å². The molecule has 1 aromatic carbocycles. The molecule has 5 heteroatoms. The van der Waals surface area contributed by atoms with Gasteiger partial charge in [-0.05, 0) is 36.8 Å². The van der Waals surface area contributed by atoms with E-state index in [1.807, 2.05) is 32.3 Å². The molecule has 1 aromatic heterocycles. The first-order valence-electron chi connectivity index (χ1n) is 7.30. The van der Waals surface area contributed by atoms with Crippen molar-refractivity contribution in [1.29, 1.82) is 0 Å². The summed E-state index contributed by atoms with van der Waals surface area (Å²) in [4.78, 5) is 10.7. The van der Waals surface area contributed by atoms with Crippen molar-refractivity contribution in [3.8, 4) is 0 Å². The van der Waals surface area contributed by atoms with Gasteiger partial charge in [0, 0.05) is 38.2 Å².